The fourth-order valence-electron chi connectivity index (χ4n) is 2.09. The zero-order chi connectivity index (χ0) is 13.2. The van der Waals surface area contributed by atoms with E-state index in [0.717, 1.165) is 16.5 Å². The Kier molecular flexibility index (Phi) is 2.58. The molecular formula is C15H9N3O. The highest BCUT2D eigenvalue weighted by atomic mass is 16.1. The highest BCUT2D eigenvalue weighted by Crippen LogP contribution is 2.26. The van der Waals surface area contributed by atoms with Crippen LogP contribution in [0.3, 0.4) is 0 Å². The van der Waals surface area contributed by atoms with Crippen LogP contribution >= 0.6 is 0 Å². The van der Waals surface area contributed by atoms with Crippen LogP contribution in [-0.2, 0) is 0 Å². The molecule has 0 unspecified atom stereocenters. The second kappa shape index (κ2) is 4.39. The number of hydrogen-bond donors (Lipinski definition) is 1. The number of H-pyrrole nitrogens is 1. The van der Waals surface area contributed by atoms with Gasteiger partial charge in [0.1, 0.15) is 11.8 Å². The van der Waals surface area contributed by atoms with Crippen molar-refractivity contribution in [3.05, 3.63) is 64.8 Å². The summed E-state index contributed by atoms with van der Waals surface area (Å²) in [5.74, 6) is 0. The molecule has 4 nitrogen and oxygen atoms in total. The molecule has 0 atom stereocenters. The molecule has 0 aliphatic rings. The molecule has 0 radical (unpaired) electrons. The van der Waals surface area contributed by atoms with E-state index < -0.39 is 0 Å². The number of aromatic nitrogens is 2. The number of nitrogens with one attached hydrogen (secondary N) is 1. The zero-order valence-corrected chi connectivity index (χ0v) is 9.92. The molecule has 0 spiro atoms. The molecule has 0 saturated heterocycles. The highest BCUT2D eigenvalue weighted by Gasteiger charge is 2.06. The summed E-state index contributed by atoms with van der Waals surface area (Å²) < 4.78 is 0. The van der Waals surface area contributed by atoms with Crippen molar-refractivity contribution in [2.45, 2.75) is 0 Å². The minimum absolute atomic E-state index is 0.110. The number of pyridine rings is 2. The summed E-state index contributed by atoms with van der Waals surface area (Å²) in [7, 11) is 0. The molecule has 4 heteroatoms. The quantitative estimate of drug-likeness (QED) is 0.718. The summed E-state index contributed by atoms with van der Waals surface area (Å²) >= 11 is 0. The van der Waals surface area contributed by atoms with E-state index in [9.17, 15) is 4.79 Å². The number of benzene rings is 1. The van der Waals surface area contributed by atoms with Crippen LogP contribution in [0.2, 0.25) is 0 Å². The van der Waals surface area contributed by atoms with Gasteiger partial charge in [-0.25, -0.2) is 4.98 Å². The van der Waals surface area contributed by atoms with Crippen LogP contribution in [-0.4, -0.2) is 9.97 Å². The molecule has 0 aliphatic heterocycles. The van der Waals surface area contributed by atoms with Crippen LogP contribution in [0.4, 0.5) is 0 Å². The Morgan fingerprint density at radius 1 is 1.11 bits per heavy atom. The van der Waals surface area contributed by atoms with Gasteiger partial charge in [0.25, 0.3) is 5.56 Å². The molecule has 90 valence electrons. The Hall–Kier alpha value is -2.93. The molecule has 3 aromatic rings. The summed E-state index contributed by atoms with van der Waals surface area (Å²) in [4.78, 5) is 18.5. The first-order valence-electron chi connectivity index (χ1n) is 5.76. The second-order valence-electron chi connectivity index (χ2n) is 4.12. The molecule has 1 N–H and O–H groups in total. The van der Waals surface area contributed by atoms with Crippen LogP contribution in [0.15, 0.2) is 53.6 Å². The van der Waals surface area contributed by atoms with E-state index in [4.69, 9.17) is 5.26 Å². The Morgan fingerprint density at radius 3 is 2.74 bits per heavy atom. The van der Waals surface area contributed by atoms with Crippen LogP contribution in [0.5, 0.6) is 0 Å². The van der Waals surface area contributed by atoms with Gasteiger partial charge in [-0.15, -0.1) is 0 Å². The van der Waals surface area contributed by atoms with Crippen molar-refractivity contribution in [3.8, 4) is 17.2 Å². The first-order valence-corrected chi connectivity index (χ1v) is 5.76. The maximum Gasteiger partial charge on any atom is 0.255 e. The maximum absolute atomic E-state index is 11.7. The van der Waals surface area contributed by atoms with Crippen molar-refractivity contribution in [1.29, 1.82) is 5.26 Å². The molecular weight excluding hydrogens is 238 g/mol. The third-order valence-electron chi connectivity index (χ3n) is 3.00. The number of rotatable bonds is 1. The van der Waals surface area contributed by atoms with Crippen LogP contribution < -0.4 is 5.56 Å². The molecule has 0 saturated carbocycles. The first-order chi connectivity index (χ1) is 9.29. The van der Waals surface area contributed by atoms with Crippen molar-refractivity contribution in [3.63, 3.8) is 0 Å². The molecule has 0 aliphatic carbocycles. The molecule has 1 aromatic carbocycles. The number of nitrogens with zero attached hydrogens (tertiary/aromatic N) is 2. The van der Waals surface area contributed by atoms with E-state index in [-0.39, 0.29) is 5.56 Å². The zero-order valence-electron chi connectivity index (χ0n) is 9.92. The number of nitriles is 1. The molecule has 2 heterocycles. The van der Waals surface area contributed by atoms with E-state index in [0.29, 0.717) is 11.1 Å². The largest absolute Gasteiger partial charge is 0.329 e. The minimum Gasteiger partial charge on any atom is -0.329 e. The third-order valence-corrected chi connectivity index (χ3v) is 3.00. The molecule has 3 rings (SSSR count). The first kappa shape index (κ1) is 11.2. The molecule has 2 aromatic heterocycles. The lowest BCUT2D eigenvalue weighted by Gasteiger charge is -2.05. The second-order valence-corrected chi connectivity index (χ2v) is 4.12. The predicted molar refractivity (Wildman–Crippen MR) is 72.5 cm³/mol. The molecule has 19 heavy (non-hydrogen) atoms. The number of fused-ring (bicyclic) bond motifs is 1. The Bertz CT molecular complexity index is 842. The lowest BCUT2D eigenvalue weighted by molar-refractivity contribution is 1.26. The fourth-order valence-corrected chi connectivity index (χ4v) is 2.09. The van der Waals surface area contributed by atoms with Crippen molar-refractivity contribution in [2.75, 3.05) is 0 Å². The third kappa shape index (κ3) is 1.87. The maximum atomic E-state index is 11.7. The van der Waals surface area contributed by atoms with Crippen molar-refractivity contribution >= 4 is 10.8 Å². The van der Waals surface area contributed by atoms with Gasteiger partial charge in [-0.2, -0.15) is 5.26 Å². The number of hydrogen-bond acceptors (Lipinski definition) is 3. The van der Waals surface area contributed by atoms with Crippen molar-refractivity contribution < 1.29 is 0 Å². The van der Waals surface area contributed by atoms with Gasteiger partial charge in [-0.1, -0.05) is 12.1 Å². The molecule has 0 amide bonds. The monoisotopic (exact) mass is 247 g/mol. The Balaban J connectivity index is 2.28. The predicted octanol–water partition coefficient (Wildman–Crippen LogP) is 2.46. The summed E-state index contributed by atoms with van der Waals surface area (Å²) in [6.07, 6.45) is 3.28. The van der Waals surface area contributed by atoms with E-state index >= 15 is 0 Å². The van der Waals surface area contributed by atoms with E-state index in [1.807, 2.05) is 30.3 Å². The summed E-state index contributed by atoms with van der Waals surface area (Å²) in [6.45, 7) is 0. The smallest absolute Gasteiger partial charge is 0.255 e. The van der Waals surface area contributed by atoms with Gasteiger partial charge in [-0.3, -0.25) is 4.79 Å². The topological polar surface area (TPSA) is 69.5 Å². The van der Waals surface area contributed by atoms with Gasteiger partial charge in [-0.05, 0) is 35.2 Å². The molecule has 0 bridgehead atoms. The van der Waals surface area contributed by atoms with Gasteiger partial charge in [0.05, 0.1) is 0 Å². The van der Waals surface area contributed by atoms with Crippen LogP contribution in [0, 0.1) is 11.3 Å². The van der Waals surface area contributed by atoms with Crippen LogP contribution in [0.25, 0.3) is 21.9 Å². The Labute approximate surface area is 109 Å². The molecule has 0 fully saturated rings. The number of aromatic amines is 1. The normalized spacial score (nSPS) is 10.3. The highest BCUT2D eigenvalue weighted by molar-refractivity contribution is 5.95. The average Bonchev–Trinajstić information content (AvgIpc) is 2.47. The standard InChI is InChI=1S/C15H9N3O/c16-8-11-5-4-10(9-18-11)12-2-1-3-14-13(12)6-7-17-15(14)19/h1-7,9H,(H,17,19). The summed E-state index contributed by atoms with van der Waals surface area (Å²) in [5, 5.41) is 10.3. The van der Waals surface area contributed by atoms with E-state index in [2.05, 4.69) is 9.97 Å². The lowest BCUT2D eigenvalue weighted by Crippen LogP contribution is -2.04. The Morgan fingerprint density at radius 2 is 2.00 bits per heavy atom. The summed E-state index contributed by atoms with van der Waals surface area (Å²) in [5.41, 5.74) is 2.08. The van der Waals surface area contributed by atoms with E-state index in [1.165, 1.54) is 0 Å². The van der Waals surface area contributed by atoms with Crippen molar-refractivity contribution in [2.24, 2.45) is 0 Å². The average molecular weight is 247 g/mol. The van der Waals surface area contributed by atoms with Gasteiger partial charge < -0.3 is 4.98 Å². The van der Waals surface area contributed by atoms with Crippen LogP contribution in [0.1, 0.15) is 5.69 Å². The van der Waals surface area contributed by atoms with Gasteiger partial charge in [0, 0.05) is 23.3 Å². The van der Waals surface area contributed by atoms with E-state index in [1.54, 1.807) is 24.5 Å². The van der Waals surface area contributed by atoms with Gasteiger partial charge >= 0.3 is 0 Å². The summed E-state index contributed by atoms with van der Waals surface area (Å²) in [6, 6.07) is 12.9. The lowest BCUT2D eigenvalue weighted by atomic mass is 10.0. The van der Waals surface area contributed by atoms with Gasteiger partial charge in [0.15, 0.2) is 0 Å². The SMILES string of the molecule is N#Cc1ccc(-c2cccc3c(=O)[nH]ccc23)cn1. The fraction of sp³-hybridized carbons (Fsp3) is 0. The van der Waals surface area contributed by atoms with Crippen molar-refractivity contribution in [1.82, 2.24) is 9.97 Å². The van der Waals surface area contributed by atoms with Gasteiger partial charge in [0.2, 0.25) is 0 Å². The minimum atomic E-state index is -0.110.